The lowest BCUT2D eigenvalue weighted by Gasteiger charge is -2.05. The number of nitrogens with zero attached hydrogens (tertiary/aromatic N) is 1. The van der Waals surface area contributed by atoms with Gasteiger partial charge in [-0.2, -0.15) is 13.2 Å². The van der Waals surface area contributed by atoms with E-state index in [1.807, 2.05) is 0 Å². The molecule has 2 aromatic carbocycles. The second-order valence-corrected chi connectivity index (χ2v) is 4.26. The van der Waals surface area contributed by atoms with Crippen molar-refractivity contribution in [3.63, 3.8) is 0 Å². The van der Waals surface area contributed by atoms with Gasteiger partial charge in [-0.3, -0.25) is 0 Å². The predicted octanol–water partition coefficient (Wildman–Crippen LogP) is 4.40. The number of benzene rings is 2. The highest BCUT2D eigenvalue weighted by molar-refractivity contribution is 5.79. The highest BCUT2D eigenvalue weighted by Gasteiger charge is 2.29. The van der Waals surface area contributed by atoms with Gasteiger partial charge in [0.15, 0.2) is 0 Å². The predicted molar refractivity (Wildman–Crippen MR) is 70.2 cm³/mol. The highest BCUT2D eigenvalue weighted by atomic mass is 19.4. The molecular weight excluding hydrogens is 286 g/mol. The Morgan fingerprint density at radius 1 is 1.05 bits per heavy atom. The van der Waals surface area contributed by atoms with E-state index in [1.165, 1.54) is 30.5 Å². The van der Waals surface area contributed by atoms with Crippen molar-refractivity contribution < 1.29 is 22.4 Å². The number of oxime groups is 1. The highest BCUT2D eigenvalue weighted by Crippen LogP contribution is 2.28. The SMILES string of the molecule is Fc1cccc(CON=Cc2ccc(C(F)(F)F)cc2)c1. The first-order chi connectivity index (χ1) is 9.95. The van der Waals surface area contributed by atoms with Gasteiger partial charge in [0.25, 0.3) is 0 Å². The van der Waals surface area contributed by atoms with Crippen LogP contribution in [-0.4, -0.2) is 6.21 Å². The second-order valence-electron chi connectivity index (χ2n) is 4.26. The lowest BCUT2D eigenvalue weighted by Crippen LogP contribution is -2.04. The summed E-state index contributed by atoms with van der Waals surface area (Å²) in [6.45, 7) is 0.0783. The molecule has 0 unspecified atom stereocenters. The molecule has 0 spiro atoms. The third kappa shape index (κ3) is 4.59. The molecule has 0 atom stereocenters. The van der Waals surface area contributed by atoms with Gasteiger partial charge in [0.2, 0.25) is 0 Å². The van der Waals surface area contributed by atoms with Gasteiger partial charge in [-0.05, 0) is 35.4 Å². The lowest BCUT2D eigenvalue weighted by molar-refractivity contribution is -0.137. The minimum atomic E-state index is -4.36. The molecule has 0 bridgehead atoms. The molecule has 0 saturated carbocycles. The Bertz CT molecular complexity index is 620. The molecule has 0 heterocycles. The van der Waals surface area contributed by atoms with Crippen LogP contribution >= 0.6 is 0 Å². The average molecular weight is 297 g/mol. The fraction of sp³-hybridized carbons (Fsp3) is 0.133. The number of hydrogen-bond acceptors (Lipinski definition) is 2. The molecule has 0 saturated heterocycles. The zero-order valence-corrected chi connectivity index (χ0v) is 10.8. The van der Waals surface area contributed by atoms with E-state index in [-0.39, 0.29) is 12.4 Å². The van der Waals surface area contributed by atoms with Crippen LogP contribution in [0.3, 0.4) is 0 Å². The summed E-state index contributed by atoms with van der Waals surface area (Å²) in [7, 11) is 0. The van der Waals surface area contributed by atoms with E-state index in [0.717, 1.165) is 12.1 Å². The lowest BCUT2D eigenvalue weighted by atomic mass is 10.1. The van der Waals surface area contributed by atoms with Gasteiger partial charge < -0.3 is 4.84 Å². The molecule has 0 fully saturated rings. The van der Waals surface area contributed by atoms with E-state index < -0.39 is 11.7 Å². The van der Waals surface area contributed by atoms with Crippen LogP contribution in [0, 0.1) is 5.82 Å². The van der Waals surface area contributed by atoms with Gasteiger partial charge >= 0.3 is 6.18 Å². The molecule has 0 aliphatic carbocycles. The summed E-state index contributed by atoms with van der Waals surface area (Å²) in [5, 5.41) is 3.63. The van der Waals surface area contributed by atoms with Gasteiger partial charge in [-0.1, -0.05) is 29.4 Å². The molecule has 6 heteroatoms. The first-order valence-electron chi connectivity index (χ1n) is 6.02. The number of halogens is 4. The molecule has 2 nitrogen and oxygen atoms in total. The minimum Gasteiger partial charge on any atom is -0.391 e. The maximum atomic E-state index is 12.9. The number of alkyl halides is 3. The van der Waals surface area contributed by atoms with Crippen LogP contribution in [0.5, 0.6) is 0 Å². The molecule has 2 aromatic rings. The Morgan fingerprint density at radius 3 is 2.38 bits per heavy atom. The summed E-state index contributed by atoms with van der Waals surface area (Å²) in [5.41, 5.74) is 0.363. The molecule has 0 aliphatic rings. The quantitative estimate of drug-likeness (QED) is 0.466. The van der Waals surface area contributed by atoms with E-state index in [4.69, 9.17) is 4.84 Å². The molecular formula is C15H11F4NO. The van der Waals surface area contributed by atoms with E-state index >= 15 is 0 Å². The third-order valence-corrected chi connectivity index (χ3v) is 2.63. The molecule has 2 rings (SSSR count). The summed E-state index contributed by atoms with van der Waals surface area (Å²) >= 11 is 0. The number of hydrogen-bond donors (Lipinski definition) is 0. The van der Waals surface area contributed by atoms with Gasteiger partial charge in [-0.25, -0.2) is 4.39 Å². The second kappa shape index (κ2) is 6.39. The van der Waals surface area contributed by atoms with Gasteiger partial charge in [0.05, 0.1) is 11.8 Å². The van der Waals surface area contributed by atoms with Crippen molar-refractivity contribution in [1.29, 1.82) is 0 Å². The van der Waals surface area contributed by atoms with Crippen LogP contribution in [0.4, 0.5) is 17.6 Å². The molecule has 21 heavy (non-hydrogen) atoms. The van der Waals surface area contributed by atoms with Crippen molar-refractivity contribution in [1.82, 2.24) is 0 Å². The average Bonchev–Trinajstić information content (AvgIpc) is 2.43. The van der Waals surface area contributed by atoms with Crippen molar-refractivity contribution in [3.05, 3.63) is 71.0 Å². The summed E-state index contributed by atoms with van der Waals surface area (Å²) in [6, 6.07) is 10.4. The molecule has 0 N–H and O–H groups in total. The summed E-state index contributed by atoms with van der Waals surface area (Å²) in [6.07, 6.45) is -3.07. The minimum absolute atomic E-state index is 0.0783. The Morgan fingerprint density at radius 2 is 1.76 bits per heavy atom. The van der Waals surface area contributed by atoms with E-state index in [9.17, 15) is 17.6 Å². The van der Waals surface area contributed by atoms with Crippen LogP contribution in [0.25, 0.3) is 0 Å². The van der Waals surface area contributed by atoms with Crippen molar-refractivity contribution in [3.8, 4) is 0 Å². The Balaban J connectivity index is 1.90. The molecule has 0 aromatic heterocycles. The Hall–Kier alpha value is -2.37. The van der Waals surface area contributed by atoms with E-state index in [0.29, 0.717) is 11.1 Å². The third-order valence-electron chi connectivity index (χ3n) is 2.63. The zero-order valence-electron chi connectivity index (χ0n) is 10.8. The van der Waals surface area contributed by atoms with Crippen LogP contribution in [0.1, 0.15) is 16.7 Å². The fourth-order valence-corrected chi connectivity index (χ4v) is 1.59. The maximum absolute atomic E-state index is 12.9. The van der Waals surface area contributed by atoms with Gasteiger partial charge in [0, 0.05) is 0 Å². The summed E-state index contributed by atoms with van der Waals surface area (Å²) in [5.74, 6) is -0.372. The fourth-order valence-electron chi connectivity index (χ4n) is 1.59. The largest absolute Gasteiger partial charge is 0.416 e. The van der Waals surface area contributed by atoms with Crippen LogP contribution in [0.15, 0.2) is 53.7 Å². The van der Waals surface area contributed by atoms with Crippen molar-refractivity contribution in [2.24, 2.45) is 5.16 Å². The van der Waals surface area contributed by atoms with Crippen LogP contribution < -0.4 is 0 Å². The Kier molecular flexibility index (Phi) is 4.57. The first kappa shape index (κ1) is 15.0. The van der Waals surface area contributed by atoms with Crippen molar-refractivity contribution >= 4 is 6.21 Å². The van der Waals surface area contributed by atoms with Crippen molar-refractivity contribution in [2.75, 3.05) is 0 Å². The molecule has 0 aliphatic heterocycles. The summed E-state index contributed by atoms with van der Waals surface area (Å²) < 4.78 is 50.0. The van der Waals surface area contributed by atoms with E-state index in [1.54, 1.807) is 12.1 Å². The van der Waals surface area contributed by atoms with Crippen molar-refractivity contribution in [2.45, 2.75) is 12.8 Å². The maximum Gasteiger partial charge on any atom is 0.416 e. The molecule has 0 amide bonds. The van der Waals surface area contributed by atoms with Crippen LogP contribution in [-0.2, 0) is 17.6 Å². The molecule has 110 valence electrons. The molecule has 0 radical (unpaired) electrons. The Labute approximate surface area is 118 Å². The zero-order chi connectivity index (χ0) is 15.3. The topological polar surface area (TPSA) is 21.6 Å². The van der Waals surface area contributed by atoms with E-state index in [2.05, 4.69) is 5.16 Å². The van der Waals surface area contributed by atoms with Gasteiger partial charge in [0.1, 0.15) is 12.4 Å². The smallest absolute Gasteiger partial charge is 0.391 e. The van der Waals surface area contributed by atoms with Crippen LogP contribution in [0.2, 0.25) is 0 Å². The standard InChI is InChI=1S/C15H11F4NO/c16-14-3-1-2-12(8-14)10-21-20-9-11-4-6-13(7-5-11)15(17,18)19/h1-9H,10H2. The van der Waals surface area contributed by atoms with Gasteiger partial charge in [-0.15, -0.1) is 0 Å². The summed E-state index contributed by atoms with van der Waals surface area (Å²) in [4.78, 5) is 4.96. The first-order valence-corrected chi connectivity index (χ1v) is 6.02. The normalized spacial score (nSPS) is 11.8. The number of rotatable bonds is 4. The monoisotopic (exact) mass is 297 g/mol.